The van der Waals surface area contributed by atoms with Gasteiger partial charge in [0, 0.05) is 24.5 Å². The number of benzene rings is 1. The summed E-state index contributed by atoms with van der Waals surface area (Å²) in [7, 11) is 0. The molecule has 1 N–H and O–H groups in total. The van der Waals surface area contributed by atoms with Gasteiger partial charge in [-0.15, -0.1) is 11.3 Å². The largest absolute Gasteiger partial charge is 0.379 e. The average molecular weight is 303 g/mol. The van der Waals surface area contributed by atoms with Gasteiger partial charge in [-0.25, -0.2) is 4.98 Å². The summed E-state index contributed by atoms with van der Waals surface area (Å²) in [6.07, 6.45) is 0. The molecule has 21 heavy (non-hydrogen) atoms. The molecule has 2 rings (SSSR count). The number of nitrogens with one attached hydrogen (secondary N) is 1. The summed E-state index contributed by atoms with van der Waals surface area (Å²) >= 11 is 1.51. The number of carbonyl (C=O) groups excluding carboxylic acids is 1. The maximum Gasteiger partial charge on any atom is 0.225 e. The summed E-state index contributed by atoms with van der Waals surface area (Å²) in [5.74, 6) is 0.0284. The molecule has 1 aromatic heterocycles. The number of anilines is 2. The molecule has 0 aliphatic heterocycles. The van der Waals surface area contributed by atoms with Crippen LogP contribution in [0, 0.1) is 13.8 Å². The number of carbonyl (C=O) groups is 1. The molecule has 112 valence electrons. The van der Waals surface area contributed by atoms with E-state index in [0.29, 0.717) is 13.1 Å². The normalized spacial score (nSPS) is 10.5. The van der Waals surface area contributed by atoms with Crippen LogP contribution in [0.2, 0.25) is 0 Å². The van der Waals surface area contributed by atoms with E-state index in [1.807, 2.05) is 12.3 Å². The Bertz CT molecular complexity index is 616. The SMILES string of the molecule is CCN(C(C)=O)c1nc(CNc2cc(C)cc(C)c2)cs1. The number of nitrogens with zero attached hydrogens (tertiary/aromatic N) is 2. The third-order valence-electron chi connectivity index (χ3n) is 3.16. The van der Waals surface area contributed by atoms with E-state index < -0.39 is 0 Å². The van der Waals surface area contributed by atoms with Crippen molar-refractivity contribution >= 4 is 28.1 Å². The number of hydrogen-bond donors (Lipinski definition) is 1. The molecule has 0 saturated carbocycles. The van der Waals surface area contributed by atoms with Crippen LogP contribution in [0.15, 0.2) is 23.6 Å². The summed E-state index contributed by atoms with van der Waals surface area (Å²) in [6.45, 7) is 9.01. The fourth-order valence-electron chi connectivity index (χ4n) is 2.26. The lowest BCUT2D eigenvalue weighted by Crippen LogP contribution is -2.27. The average Bonchev–Trinajstić information content (AvgIpc) is 2.84. The first kappa shape index (κ1) is 15.5. The van der Waals surface area contributed by atoms with Gasteiger partial charge in [-0.05, 0) is 44.0 Å². The van der Waals surface area contributed by atoms with Crippen LogP contribution >= 0.6 is 11.3 Å². The Kier molecular flexibility index (Phi) is 4.96. The molecule has 1 heterocycles. The van der Waals surface area contributed by atoms with Crippen LogP contribution in [0.3, 0.4) is 0 Å². The molecule has 4 nitrogen and oxygen atoms in total. The van der Waals surface area contributed by atoms with E-state index in [9.17, 15) is 4.79 Å². The van der Waals surface area contributed by atoms with Crippen LogP contribution < -0.4 is 10.2 Å². The first-order valence-electron chi connectivity index (χ1n) is 7.04. The van der Waals surface area contributed by atoms with Crippen LogP contribution in [0.4, 0.5) is 10.8 Å². The van der Waals surface area contributed by atoms with Gasteiger partial charge >= 0.3 is 0 Å². The van der Waals surface area contributed by atoms with E-state index in [0.717, 1.165) is 16.5 Å². The Labute approximate surface area is 129 Å². The molecular weight excluding hydrogens is 282 g/mol. The highest BCUT2D eigenvalue weighted by molar-refractivity contribution is 7.14. The summed E-state index contributed by atoms with van der Waals surface area (Å²) in [6, 6.07) is 6.39. The maximum atomic E-state index is 11.5. The molecule has 0 fully saturated rings. The second-order valence-electron chi connectivity index (χ2n) is 5.11. The Balaban J connectivity index is 2.04. The third kappa shape index (κ3) is 4.04. The zero-order valence-corrected chi connectivity index (χ0v) is 13.8. The monoisotopic (exact) mass is 303 g/mol. The van der Waals surface area contributed by atoms with E-state index in [1.165, 1.54) is 22.5 Å². The molecule has 1 aromatic carbocycles. The number of aryl methyl sites for hydroxylation is 2. The first-order chi connectivity index (χ1) is 9.99. The van der Waals surface area contributed by atoms with Crippen LogP contribution in [0.1, 0.15) is 30.7 Å². The first-order valence-corrected chi connectivity index (χ1v) is 7.92. The van der Waals surface area contributed by atoms with Crippen LogP contribution in [-0.2, 0) is 11.3 Å². The Morgan fingerprint density at radius 2 is 1.95 bits per heavy atom. The molecule has 0 saturated heterocycles. The van der Waals surface area contributed by atoms with E-state index in [2.05, 4.69) is 42.3 Å². The fourth-order valence-corrected chi connectivity index (χ4v) is 3.20. The zero-order valence-electron chi connectivity index (χ0n) is 12.9. The van der Waals surface area contributed by atoms with Gasteiger partial charge in [0.25, 0.3) is 0 Å². The highest BCUT2D eigenvalue weighted by atomic mass is 32.1. The van der Waals surface area contributed by atoms with Gasteiger partial charge in [0.05, 0.1) is 12.2 Å². The second kappa shape index (κ2) is 6.72. The van der Waals surface area contributed by atoms with Crippen molar-refractivity contribution in [1.29, 1.82) is 0 Å². The molecule has 0 radical (unpaired) electrons. The molecule has 2 aromatic rings. The van der Waals surface area contributed by atoms with E-state index in [4.69, 9.17) is 0 Å². The van der Waals surface area contributed by atoms with E-state index >= 15 is 0 Å². The van der Waals surface area contributed by atoms with Crippen molar-refractivity contribution in [1.82, 2.24) is 4.98 Å². The zero-order chi connectivity index (χ0) is 15.4. The van der Waals surface area contributed by atoms with Crippen molar-refractivity contribution in [2.75, 3.05) is 16.8 Å². The van der Waals surface area contributed by atoms with Crippen molar-refractivity contribution in [3.63, 3.8) is 0 Å². The Morgan fingerprint density at radius 3 is 2.52 bits per heavy atom. The minimum absolute atomic E-state index is 0.0284. The highest BCUT2D eigenvalue weighted by Gasteiger charge is 2.13. The lowest BCUT2D eigenvalue weighted by Gasteiger charge is -2.14. The smallest absolute Gasteiger partial charge is 0.225 e. The molecular formula is C16H21N3OS. The molecule has 0 unspecified atom stereocenters. The van der Waals surface area contributed by atoms with Gasteiger partial charge in [-0.1, -0.05) is 6.07 Å². The molecule has 1 amide bonds. The van der Waals surface area contributed by atoms with Crippen LogP contribution in [0.25, 0.3) is 0 Å². The predicted molar refractivity (Wildman–Crippen MR) is 89.1 cm³/mol. The lowest BCUT2D eigenvalue weighted by atomic mass is 10.1. The Hall–Kier alpha value is -1.88. The van der Waals surface area contributed by atoms with Crippen molar-refractivity contribution < 1.29 is 4.79 Å². The second-order valence-corrected chi connectivity index (χ2v) is 5.95. The number of hydrogen-bond acceptors (Lipinski definition) is 4. The van der Waals surface area contributed by atoms with Crippen molar-refractivity contribution in [2.24, 2.45) is 0 Å². The number of aromatic nitrogens is 1. The van der Waals surface area contributed by atoms with Crippen molar-refractivity contribution in [2.45, 2.75) is 34.2 Å². The third-order valence-corrected chi connectivity index (χ3v) is 4.07. The molecule has 0 aliphatic rings. The number of amides is 1. The fraction of sp³-hybridized carbons (Fsp3) is 0.375. The minimum Gasteiger partial charge on any atom is -0.379 e. The summed E-state index contributed by atoms with van der Waals surface area (Å²) in [5, 5.41) is 6.15. The highest BCUT2D eigenvalue weighted by Crippen LogP contribution is 2.21. The Morgan fingerprint density at radius 1 is 1.29 bits per heavy atom. The van der Waals surface area contributed by atoms with Crippen molar-refractivity contribution in [3.8, 4) is 0 Å². The minimum atomic E-state index is 0.0284. The summed E-state index contributed by atoms with van der Waals surface area (Å²) in [4.78, 5) is 17.7. The predicted octanol–water partition coefficient (Wildman–Crippen LogP) is 3.74. The van der Waals surface area contributed by atoms with E-state index in [1.54, 1.807) is 11.8 Å². The molecule has 0 bridgehead atoms. The van der Waals surface area contributed by atoms with Gasteiger partial charge in [0.15, 0.2) is 5.13 Å². The molecule has 5 heteroatoms. The van der Waals surface area contributed by atoms with Gasteiger partial charge in [-0.2, -0.15) is 0 Å². The topological polar surface area (TPSA) is 45.2 Å². The maximum absolute atomic E-state index is 11.5. The number of rotatable bonds is 5. The summed E-state index contributed by atoms with van der Waals surface area (Å²) < 4.78 is 0. The van der Waals surface area contributed by atoms with E-state index in [-0.39, 0.29) is 5.91 Å². The van der Waals surface area contributed by atoms with Gasteiger partial charge in [0.1, 0.15) is 0 Å². The molecule has 0 spiro atoms. The van der Waals surface area contributed by atoms with Gasteiger partial charge in [0.2, 0.25) is 5.91 Å². The summed E-state index contributed by atoms with van der Waals surface area (Å²) in [5.41, 5.74) is 4.53. The van der Waals surface area contributed by atoms with Crippen molar-refractivity contribution in [3.05, 3.63) is 40.4 Å². The van der Waals surface area contributed by atoms with Gasteiger partial charge < -0.3 is 5.32 Å². The quantitative estimate of drug-likeness (QED) is 0.915. The van der Waals surface area contributed by atoms with Gasteiger partial charge in [-0.3, -0.25) is 9.69 Å². The van der Waals surface area contributed by atoms with Crippen LogP contribution in [-0.4, -0.2) is 17.4 Å². The van der Waals surface area contributed by atoms with Crippen LogP contribution in [0.5, 0.6) is 0 Å². The molecule has 0 aliphatic carbocycles. The standard InChI is InChI=1S/C16H21N3OS/c1-5-19(13(4)20)16-18-15(10-21-16)9-17-14-7-11(2)6-12(3)8-14/h6-8,10,17H,5,9H2,1-4H3. The lowest BCUT2D eigenvalue weighted by molar-refractivity contribution is -0.116. The number of thiazole rings is 1. The molecule has 0 atom stereocenters.